The van der Waals surface area contributed by atoms with Gasteiger partial charge in [-0.2, -0.15) is 5.10 Å². The van der Waals surface area contributed by atoms with Crippen LogP contribution in [0.2, 0.25) is 0 Å². The van der Waals surface area contributed by atoms with Gasteiger partial charge in [-0.1, -0.05) is 0 Å². The Bertz CT molecular complexity index is 263. The normalized spacial score (nSPS) is 10.8. The van der Waals surface area contributed by atoms with Gasteiger partial charge in [-0.3, -0.25) is 4.68 Å². The van der Waals surface area contributed by atoms with E-state index in [-0.39, 0.29) is 0 Å². The van der Waals surface area contributed by atoms with Crippen molar-refractivity contribution in [2.75, 3.05) is 34.0 Å². The van der Waals surface area contributed by atoms with E-state index in [1.165, 1.54) is 0 Å². The van der Waals surface area contributed by atoms with Crippen LogP contribution in [0.15, 0.2) is 12.3 Å². The highest BCUT2D eigenvalue weighted by atomic mass is 16.5. The number of hydrogen-bond acceptors (Lipinski definition) is 4. The predicted molar refractivity (Wildman–Crippen MR) is 57.7 cm³/mol. The average Bonchev–Trinajstić information content (AvgIpc) is 2.69. The highest BCUT2D eigenvalue weighted by Gasteiger charge is 1.97. The summed E-state index contributed by atoms with van der Waals surface area (Å²) in [5, 5.41) is 7.62. The molecule has 0 fully saturated rings. The summed E-state index contributed by atoms with van der Waals surface area (Å²) < 4.78 is 11.8. The van der Waals surface area contributed by atoms with Gasteiger partial charge in [-0.15, -0.1) is 0 Å². The van der Waals surface area contributed by atoms with E-state index in [2.05, 4.69) is 10.4 Å². The van der Waals surface area contributed by atoms with Gasteiger partial charge < -0.3 is 14.8 Å². The third-order valence-corrected chi connectivity index (χ3v) is 2.01. The van der Waals surface area contributed by atoms with Crippen LogP contribution < -0.4 is 5.32 Å². The van der Waals surface area contributed by atoms with Crippen LogP contribution in [0.1, 0.15) is 5.69 Å². The number of hydrogen-bond donors (Lipinski definition) is 1. The SMILES string of the molecule is COCCNCc1ccn(CCOC)n1. The van der Waals surface area contributed by atoms with Gasteiger partial charge in [0, 0.05) is 33.5 Å². The molecule has 1 N–H and O–H groups in total. The van der Waals surface area contributed by atoms with E-state index in [1.807, 2.05) is 16.9 Å². The Kier molecular flexibility index (Phi) is 5.99. The van der Waals surface area contributed by atoms with Crippen molar-refractivity contribution in [3.63, 3.8) is 0 Å². The van der Waals surface area contributed by atoms with Gasteiger partial charge in [0.25, 0.3) is 0 Å². The Hall–Kier alpha value is -0.910. The van der Waals surface area contributed by atoms with Gasteiger partial charge in [0.15, 0.2) is 0 Å². The summed E-state index contributed by atoms with van der Waals surface area (Å²) in [5.41, 5.74) is 1.04. The average molecular weight is 213 g/mol. The molecule has 5 heteroatoms. The first-order chi connectivity index (χ1) is 7.36. The first-order valence-corrected chi connectivity index (χ1v) is 5.07. The fraction of sp³-hybridized carbons (Fsp3) is 0.700. The van der Waals surface area contributed by atoms with Crippen LogP contribution >= 0.6 is 0 Å². The van der Waals surface area contributed by atoms with Gasteiger partial charge in [-0.25, -0.2) is 0 Å². The summed E-state index contributed by atoms with van der Waals surface area (Å²) >= 11 is 0. The maximum Gasteiger partial charge on any atom is 0.0762 e. The molecule has 0 aromatic carbocycles. The Morgan fingerprint density at radius 1 is 1.33 bits per heavy atom. The molecule has 1 aromatic heterocycles. The van der Waals surface area contributed by atoms with Crippen LogP contribution in [0.25, 0.3) is 0 Å². The minimum absolute atomic E-state index is 0.693. The van der Waals surface area contributed by atoms with Gasteiger partial charge in [-0.05, 0) is 6.07 Å². The van der Waals surface area contributed by atoms with Crippen LogP contribution in [0.4, 0.5) is 0 Å². The molecule has 1 rings (SSSR count). The molecule has 1 heterocycles. The van der Waals surface area contributed by atoms with E-state index in [0.717, 1.165) is 31.9 Å². The molecule has 0 bridgehead atoms. The number of nitrogens with one attached hydrogen (secondary N) is 1. The maximum atomic E-state index is 4.98. The topological polar surface area (TPSA) is 48.3 Å². The molecule has 15 heavy (non-hydrogen) atoms. The molecule has 0 amide bonds. The highest BCUT2D eigenvalue weighted by molar-refractivity contribution is 4.98. The van der Waals surface area contributed by atoms with Crippen molar-refractivity contribution in [3.8, 4) is 0 Å². The first-order valence-electron chi connectivity index (χ1n) is 5.07. The second-order valence-corrected chi connectivity index (χ2v) is 3.23. The lowest BCUT2D eigenvalue weighted by Crippen LogP contribution is -2.19. The van der Waals surface area contributed by atoms with E-state index in [1.54, 1.807) is 14.2 Å². The molecule has 0 unspecified atom stereocenters. The van der Waals surface area contributed by atoms with Crippen molar-refractivity contribution < 1.29 is 9.47 Å². The standard InChI is InChI=1S/C10H19N3O2/c1-14-7-4-11-9-10-3-5-13(12-10)6-8-15-2/h3,5,11H,4,6-9H2,1-2H3. The van der Waals surface area contributed by atoms with Crippen molar-refractivity contribution >= 4 is 0 Å². The number of ether oxygens (including phenoxy) is 2. The quantitative estimate of drug-likeness (QED) is 0.630. The zero-order valence-corrected chi connectivity index (χ0v) is 9.40. The van der Waals surface area contributed by atoms with Crippen molar-refractivity contribution in [1.29, 1.82) is 0 Å². The molecule has 0 radical (unpaired) electrons. The highest BCUT2D eigenvalue weighted by Crippen LogP contribution is 1.95. The monoisotopic (exact) mass is 213 g/mol. The Balaban J connectivity index is 2.20. The lowest BCUT2D eigenvalue weighted by Gasteiger charge is -2.01. The molecule has 86 valence electrons. The van der Waals surface area contributed by atoms with Crippen LogP contribution in [0.5, 0.6) is 0 Å². The van der Waals surface area contributed by atoms with Crippen molar-refractivity contribution in [2.24, 2.45) is 0 Å². The maximum absolute atomic E-state index is 4.98. The van der Waals surface area contributed by atoms with Crippen molar-refractivity contribution in [3.05, 3.63) is 18.0 Å². The molecule has 0 aliphatic heterocycles. The van der Waals surface area contributed by atoms with Crippen LogP contribution in [-0.2, 0) is 22.6 Å². The zero-order chi connectivity index (χ0) is 10.9. The molecule has 1 aromatic rings. The molecule has 0 saturated heterocycles. The number of methoxy groups -OCH3 is 2. The Labute approximate surface area is 90.4 Å². The van der Waals surface area contributed by atoms with Crippen molar-refractivity contribution in [2.45, 2.75) is 13.1 Å². The summed E-state index contributed by atoms with van der Waals surface area (Å²) in [5.74, 6) is 0. The minimum atomic E-state index is 0.693. The molecule has 0 aliphatic rings. The smallest absolute Gasteiger partial charge is 0.0762 e. The fourth-order valence-corrected chi connectivity index (χ4v) is 1.20. The van der Waals surface area contributed by atoms with Crippen LogP contribution in [0.3, 0.4) is 0 Å². The molecule has 0 saturated carbocycles. The van der Waals surface area contributed by atoms with E-state index in [4.69, 9.17) is 9.47 Å². The second-order valence-electron chi connectivity index (χ2n) is 3.23. The second kappa shape index (κ2) is 7.39. The van der Waals surface area contributed by atoms with Crippen molar-refractivity contribution in [1.82, 2.24) is 15.1 Å². The summed E-state index contributed by atoms with van der Waals surface area (Å²) in [6.45, 7) is 3.85. The number of rotatable bonds is 8. The van der Waals surface area contributed by atoms with Gasteiger partial charge in [0.05, 0.1) is 25.5 Å². The number of aromatic nitrogens is 2. The molecule has 0 aliphatic carbocycles. The van der Waals surface area contributed by atoms with Gasteiger partial charge in [0.1, 0.15) is 0 Å². The summed E-state index contributed by atoms with van der Waals surface area (Å²) in [6.07, 6.45) is 1.96. The van der Waals surface area contributed by atoms with Crippen LogP contribution in [-0.4, -0.2) is 43.8 Å². The molecular weight excluding hydrogens is 194 g/mol. The molecule has 0 spiro atoms. The largest absolute Gasteiger partial charge is 0.383 e. The summed E-state index contributed by atoms with van der Waals surface area (Å²) in [6, 6.07) is 2.01. The van der Waals surface area contributed by atoms with E-state index in [9.17, 15) is 0 Å². The fourth-order valence-electron chi connectivity index (χ4n) is 1.20. The third-order valence-electron chi connectivity index (χ3n) is 2.01. The summed E-state index contributed by atoms with van der Waals surface area (Å²) in [7, 11) is 3.39. The first kappa shape index (κ1) is 12.2. The predicted octanol–water partition coefficient (Wildman–Crippen LogP) is 0.266. The van der Waals surface area contributed by atoms with Gasteiger partial charge in [0.2, 0.25) is 0 Å². The lowest BCUT2D eigenvalue weighted by atomic mass is 10.4. The van der Waals surface area contributed by atoms with E-state index >= 15 is 0 Å². The minimum Gasteiger partial charge on any atom is -0.383 e. The Morgan fingerprint density at radius 3 is 2.87 bits per heavy atom. The third kappa shape index (κ3) is 4.92. The summed E-state index contributed by atoms with van der Waals surface area (Å²) in [4.78, 5) is 0. The molecule has 0 atom stereocenters. The Morgan fingerprint density at radius 2 is 2.13 bits per heavy atom. The number of nitrogens with zero attached hydrogens (tertiary/aromatic N) is 2. The van der Waals surface area contributed by atoms with E-state index < -0.39 is 0 Å². The molecular formula is C10H19N3O2. The zero-order valence-electron chi connectivity index (χ0n) is 9.40. The van der Waals surface area contributed by atoms with Gasteiger partial charge >= 0.3 is 0 Å². The van der Waals surface area contributed by atoms with Crippen LogP contribution in [0, 0.1) is 0 Å². The lowest BCUT2D eigenvalue weighted by molar-refractivity contribution is 0.183. The van der Waals surface area contributed by atoms with E-state index in [0.29, 0.717) is 6.61 Å². The molecule has 5 nitrogen and oxygen atoms in total.